The maximum Gasteiger partial charge on any atom is -0.00699 e. The number of hydrogen-bond donors (Lipinski definition) is 0. The van der Waals surface area contributed by atoms with E-state index in [9.17, 15) is 0 Å². The fraction of sp³-hybridized carbons (Fsp3) is 0.286. The summed E-state index contributed by atoms with van der Waals surface area (Å²) >= 11 is 0. The van der Waals surface area contributed by atoms with Crippen molar-refractivity contribution in [2.24, 2.45) is 0 Å². The van der Waals surface area contributed by atoms with Crippen LogP contribution in [-0.2, 0) is 0 Å². The van der Waals surface area contributed by atoms with Gasteiger partial charge >= 0.3 is 0 Å². The fourth-order valence-corrected chi connectivity index (χ4v) is 1.54. The van der Waals surface area contributed by atoms with Crippen molar-refractivity contribution in [3.8, 4) is 0 Å². The summed E-state index contributed by atoms with van der Waals surface area (Å²) in [5.74, 6) is 0. The maximum atomic E-state index is 3.95. The largest absolute Gasteiger partial charge is 0.0998 e. The third-order valence-electron chi connectivity index (χ3n) is 2.23. The predicted octanol–water partition coefficient (Wildman–Crippen LogP) is 4.36. The minimum Gasteiger partial charge on any atom is -0.0998 e. The Balaban J connectivity index is 2.96. The van der Waals surface area contributed by atoms with Gasteiger partial charge in [-0.2, -0.15) is 0 Å². The fourth-order valence-electron chi connectivity index (χ4n) is 1.54. The molecule has 0 amide bonds. The van der Waals surface area contributed by atoms with E-state index in [0.29, 0.717) is 0 Å². The molecule has 74 valence electrons. The second kappa shape index (κ2) is 4.80. The molecular weight excluding hydrogens is 168 g/mol. The Labute approximate surface area is 87.0 Å². The average Bonchev–Trinajstić information content (AvgIpc) is 2.14. The Morgan fingerprint density at radius 3 is 2.64 bits per heavy atom. The van der Waals surface area contributed by atoms with Crippen molar-refractivity contribution in [2.45, 2.75) is 27.2 Å². The van der Waals surface area contributed by atoms with Crippen molar-refractivity contribution in [3.63, 3.8) is 0 Å². The zero-order valence-corrected chi connectivity index (χ0v) is 9.30. The van der Waals surface area contributed by atoms with E-state index in [-0.39, 0.29) is 0 Å². The van der Waals surface area contributed by atoms with Crippen LogP contribution in [0.3, 0.4) is 0 Å². The molecule has 0 heteroatoms. The Bertz CT molecular complexity index is 356. The summed E-state index contributed by atoms with van der Waals surface area (Å²) in [6, 6.07) is 8.60. The van der Waals surface area contributed by atoms with E-state index >= 15 is 0 Å². The molecule has 0 unspecified atom stereocenters. The van der Waals surface area contributed by atoms with Gasteiger partial charge in [-0.3, -0.25) is 0 Å². The first kappa shape index (κ1) is 10.8. The number of benzene rings is 1. The first-order valence-electron chi connectivity index (χ1n) is 5.00. The lowest BCUT2D eigenvalue weighted by Crippen LogP contribution is -1.86. The van der Waals surface area contributed by atoms with Crippen LogP contribution >= 0.6 is 0 Å². The Morgan fingerprint density at radius 2 is 2.14 bits per heavy atom. The van der Waals surface area contributed by atoms with E-state index in [4.69, 9.17) is 0 Å². The minimum absolute atomic E-state index is 0.972. The first-order chi connectivity index (χ1) is 6.63. The molecular formula is C14H18. The zero-order chi connectivity index (χ0) is 10.6. The predicted molar refractivity (Wildman–Crippen MR) is 64.3 cm³/mol. The van der Waals surface area contributed by atoms with Crippen molar-refractivity contribution in [1.82, 2.24) is 0 Å². The van der Waals surface area contributed by atoms with Gasteiger partial charge in [-0.25, -0.2) is 0 Å². The quantitative estimate of drug-likeness (QED) is 0.615. The molecule has 1 rings (SSSR count). The molecule has 0 aliphatic rings. The lowest BCUT2D eigenvalue weighted by molar-refractivity contribution is 1.23. The topological polar surface area (TPSA) is 0 Å². The second-order valence-electron chi connectivity index (χ2n) is 3.82. The molecule has 0 nitrogen and oxygen atoms in total. The molecule has 0 radical (unpaired) electrons. The van der Waals surface area contributed by atoms with Crippen LogP contribution in [0.15, 0.2) is 42.5 Å². The molecule has 14 heavy (non-hydrogen) atoms. The van der Waals surface area contributed by atoms with Gasteiger partial charge in [-0.1, -0.05) is 48.1 Å². The normalized spacial score (nSPS) is 11.5. The lowest BCUT2D eigenvalue weighted by atomic mass is 9.98. The van der Waals surface area contributed by atoms with Gasteiger partial charge in [0.1, 0.15) is 0 Å². The van der Waals surface area contributed by atoms with Crippen molar-refractivity contribution >= 4 is 5.57 Å². The van der Waals surface area contributed by atoms with Crippen LogP contribution in [-0.4, -0.2) is 0 Å². The van der Waals surface area contributed by atoms with E-state index < -0.39 is 0 Å². The van der Waals surface area contributed by atoms with Gasteiger partial charge in [0, 0.05) is 0 Å². The number of aryl methyl sites for hydroxylation is 1. The number of allylic oxidation sites excluding steroid dienone is 3. The van der Waals surface area contributed by atoms with Crippen LogP contribution in [0.1, 0.15) is 31.4 Å². The van der Waals surface area contributed by atoms with Crippen LogP contribution in [0.4, 0.5) is 0 Å². The summed E-state index contributed by atoms with van der Waals surface area (Å²) in [6.45, 7) is 10.2. The molecule has 0 aliphatic heterocycles. The van der Waals surface area contributed by atoms with E-state index in [0.717, 1.165) is 6.42 Å². The third kappa shape index (κ3) is 2.88. The van der Waals surface area contributed by atoms with Gasteiger partial charge in [0.05, 0.1) is 0 Å². The molecule has 0 aliphatic carbocycles. The van der Waals surface area contributed by atoms with Gasteiger partial charge in [0.2, 0.25) is 0 Å². The van der Waals surface area contributed by atoms with Crippen molar-refractivity contribution < 1.29 is 0 Å². The summed E-state index contributed by atoms with van der Waals surface area (Å²) in [7, 11) is 0. The monoisotopic (exact) mass is 186 g/mol. The summed E-state index contributed by atoms with van der Waals surface area (Å²) in [6.07, 6.45) is 3.14. The van der Waals surface area contributed by atoms with E-state index in [1.807, 2.05) is 0 Å². The summed E-state index contributed by atoms with van der Waals surface area (Å²) < 4.78 is 0. The highest BCUT2D eigenvalue weighted by atomic mass is 14.1. The van der Waals surface area contributed by atoms with Gasteiger partial charge < -0.3 is 0 Å². The van der Waals surface area contributed by atoms with Crippen LogP contribution < -0.4 is 0 Å². The molecule has 0 saturated carbocycles. The maximum absolute atomic E-state index is 3.95. The molecule has 1 aromatic rings. The highest BCUT2D eigenvalue weighted by Crippen LogP contribution is 2.22. The summed E-state index contributed by atoms with van der Waals surface area (Å²) in [5.41, 5.74) is 5.19. The molecule has 0 aromatic heterocycles. The molecule has 0 spiro atoms. The van der Waals surface area contributed by atoms with Gasteiger partial charge in [0.15, 0.2) is 0 Å². The Morgan fingerprint density at radius 1 is 1.43 bits per heavy atom. The SMILES string of the molecule is C=C(C)C/C(=C\C)c1cccc(C)c1. The summed E-state index contributed by atoms with van der Waals surface area (Å²) in [5, 5.41) is 0. The molecule has 0 atom stereocenters. The lowest BCUT2D eigenvalue weighted by Gasteiger charge is -2.07. The number of rotatable bonds is 3. The molecule has 0 heterocycles. The van der Waals surface area contributed by atoms with E-state index in [1.54, 1.807) is 0 Å². The van der Waals surface area contributed by atoms with Crippen molar-refractivity contribution in [3.05, 3.63) is 53.6 Å². The molecule has 0 bridgehead atoms. The summed E-state index contributed by atoms with van der Waals surface area (Å²) in [4.78, 5) is 0. The highest BCUT2D eigenvalue weighted by molar-refractivity contribution is 5.67. The average molecular weight is 186 g/mol. The van der Waals surface area contributed by atoms with Gasteiger partial charge in [0.25, 0.3) is 0 Å². The minimum atomic E-state index is 0.972. The van der Waals surface area contributed by atoms with Crippen LogP contribution in [0, 0.1) is 6.92 Å². The third-order valence-corrected chi connectivity index (χ3v) is 2.23. The van der Waals surface area contributed by atoms with Crippen molar-refractivity contribution in [1.29, 1.82) is 0 Å². The highest BCUT2D eigenvalue weighted by Gasteiger charge is 2.00. The standard InChI is InChI=1S/C14H18/c1-5-13(9-11(2)3)14-8-6-7-12(4)10-14/h5-8,10H,2,9H2,1,3-4H3/b13-5+. The Kier molecular flexibility index (Phi) is 3.70. The van der Waals surface area contributed by atoms with Crippen molar-refractivity contribution in [2.75, 3.05) is 0 Å². The van der Waals surface area contributed by atoms with Crippen LogP contribution in [0.5, 0.6) is 0 Å². The van der Waals surface area contributed by atoms with Gasteiger partial charge in [-0.05, 0) is 38.3 Å². The molecule has 1 aromatic carbocycles. The second-order valence-corrected chi connectivity index (χ2v) is 3.82. The number of hydrogen-bond acceptors (Lipinski definition) is 0. The smallest absolute Gasteiger partial charge is 0.00699 e. The molecule has 0 saturated heterocycles. The van der Waals surface area contributed by atoms with E-state index in [2.05, 4.69) is 57.7 Å². The van der Waals surface area contributed by atoms with E-state index in [1.165, 1.54) is 22.3 Å². The Hall–Kier alpha value is -1.30. The van der Waals surface area contributed by atoms with Crippen LogP contribution in [0.25, 0.3) is 5.57 Å². The molecule has 0 N–H and O–H groups in total. The first-order valence-corrected chi connectivity index (χ1v) is 5.00. The van der Waals surface area contributed by atoms with Crippen LogP contribution in [0.2, 0.25) is 0 Å². The zero-order valence-electron chi connectivity index (χ0n) is 9.30. The van der Waals surface area contributed by atoms with Gasteiger partial charge in [-0.15, -0.1) is 0 Å². The molecule has 0 fully saturated rings.